The van der Waals surface area contributed by atoms with E-state index in [9.17, 15) is 0 Å². The van der Waals surface area contributed by atoms with Gasteiger partial charge in [0, 0.05) is 20.1 Å². The molecule has 0 spiro atoms. The third kappa shape index (κ3) is 4.54. The summed E-state index contributed by atoms with van der Waals surface area (Å²) in [5, 5.41) is 2.93. The molecule has 1 heterocycles. The number of hydrogen-bond acceptors (Lipinski definition) is 6. The summed E-state index contributed by atoms with van der Waals surface area (Å²) < 4.78 is 5.37. The molecule has 6 heteroatoms. The van der Waals surface area contributed by atoms with Crippen molar-refractivity contribution in [1.82, 2.24) is 15.0 Å². The maximum Gasteiger partial charge on any atom is 0.323 e. The molecule has 1 rings (SSSR count). The molecule has 1 aromatic rings. The second-order valence-corrected chi connectivity index (χ2v) is 5.01. The molecule has 0 amide bonds. The number of rotatable bonds is 7. The molecule has 0 aliphatic heterocycles. The average Bonchev–Trinajstić information content (AvgIpc) is 2.37. The van der Waals surface area contributed by atoms with Gasteiger partial charge in [-0.1, -0.05) is 13.8 Å². The fourth-order valence-electron chi connectivity index (χ4n) is 1.85. The monoisotopic (exact) mass is 267 g/mol. The predicted octanol–water partition coefficient (Wildman–Crippen LogP) is 2.18. The fraction of sp³-hybridized carbons (Fsp3) is 0.769. The minimum Gasteiger partial charge on any atom is -0.464 e. The van der Waals surface area contributed by atoms with Crippen LogP contribution in [0.25, 0.3) is 0 Å². The molecule has 1 aromatic heterocycles. The van der Waals surface area contributed by atoms with Crippen molar-refractivity contribution in [2.75, 3.05) is 30.9 Å². The highest BCUT2D eigenvalue weighted by atomic mass is 16.5. The van der Waals surface area contributed by atoms with Crippen molar-refractivity contribution in [1.29, 1.82) is 0 Å². The lowest BCUT2D eigenvalue weighted by atomic mass is 10.0. The van der Waals surface area contributed by atoms with Gasteiger partial charge in [-0.2, -0.15) is 15.0 Å². The van der Waals surface area contributed by atoms with Gasteiger partial charge < -0.3 is 15.0 Å². The number of hydrogen-bond donors (Lipinski definition) is 1. The van der Waals surface area contributed by atoms with Crippen LogP contribution in [0.1, 0.15) is 34.1 Å². The second kappa shape index (κ2) is 7.11. The summed E-state index contributed by atoms with van der Waals surface area (Å²) in [7, 11) is 3.78. The van der Waals surface area contributed by atoms with Crippen LogP contribution in [0.4, 0.5) is 11.9 Å². The van der Waals surface area contributed by atoms with Crippen molar-refractivity contribution >= 4 is 11.9 Å². The summed E-state index contributed by atoms with van der Waals surface area (Å²) in [6.45, 7) is 9.04. The summed E-state index contributed by atoms with van der Waals surface area (Å²) in [5.41, 5.74) is 0. The van der Waals surface area contributed by atoms with Gasteiger partial charge in [0.25, 0.3) is 0 Å². The Hall–Kier alpha value is -1.59. The molecule has 0 saturated carbocycles. The van der Waals surface area contributed by atoms with Crippen LogP contribution in [-0.2, 0) is 0 Å². The van der Waals surface area contributed by atoms with Crippen molar-refractivity contribution in [3.63, 3.8) is 0 Å². The molecule has 1 atom stereocenters. The van der Waals surface area contributed by atoms with E-state index < -0.39 is 0 Å². The minimum absolute atomic E-state index is 0.362. The Bertz CT molecular complexity index is 397. The number of ether oxygens (including phenoxy) is 1. The maximum absolute atomic E-state index is 5.37. The molecule has 0 saturated heterocycles. The lowest BCUT2D eigenvalue weighted by Crippen LogP contribution is -2.32. The SMILES string of the molecule is CCOc1nc(NC)nc(N(C)C(C)CC(C)C)n1. The van der Waals surface area contributed by atoms with Crippen LogP contribution in [0.3, 0.4) is 0 Å². The average molecular weight is 267 g/mol. The number of nitrogens with zero attached hydrogens (tertiary/aromatic N) is 4. The molecule has 0 aromatic carbocycles. The van der Waals surface area contributed by atoms with Crippen LogP contribution in [0.5, 0.6) is 6.01 Å². The van der Waals surface area contributed by atoms with Gasteiger partial charge in [0.2, 0.25) is 11.9 Å². The topological polar surface area (TPSA) is 63.2 Å². The fourth-order valence-corrected chi connectivity index (χ4v) is 1.85. The van der Waals surface area contributed by atoms with Gasteiger partial charge in [0.1, 0.15) is 0 Å². The molecule has 1 unspecified atom stereocenters. The zero-order valence-corrected chi connectivity index (χ0v) is 12.8. The largest absolute Gasteiger partial charge is 0.464 e. The quantitative estimate of drug-likeness (QED) is 0.817. The number of aromatic nitrogens is 3. The summed E-state index contributed by atoms with van der Waals surface area (Å²) >= 11 is 0. The van der Waals surface area contributed by atoms with E-state index in [2.05, 4.69) is 45.9 Å². The van der Waals surface area contributed by atoms with Crippen molar-refractivity contribution < 1.29 is 4.74 Å². The first-order valence-corrected chi connectivity index (χ1v) is 6.77. The Morgan fingerprint density at radius 3 is 2.42 bits per heavy atom. The van der Waals surface area contributed by atoms with E-state index >= 15 is 0 Å². The molecule has 0 radical (unpaired) electrons. The van der Waals surface area contributed by atoms with Crippen LogP contribution in [0, 0.1) is 5.92 Å². The molecule has 1 N–H and O–H groups in total. The van der Waals surface area contributed by atoms with Crippen LogP contribution in [0.2, 0.25) is 0 Å². The molecule has 6 nitrogen and oxygen atoms in total. The standard InChI is InChI=1S/C13H25N5O/c1-7-19-13-16-11(14-5)15-12(17-13)18(6)10(4)8-9(2)3/h9-10H,7-8H2,1-6H3,(H,14,15,16,17). The Kier molecular flexibility index (Phi) is 5.79. The molecule has 108 valence electrons. The third-order valence-corrected chi connectivity index (χ3v) is 2.89. The molecule has 0 bridgehead atoms. The highest BCUT2D eigenvalue weighted by Gasteiger charge is 2.16. The highest BCUT2D eigenvalue weighted by Crippen LogP contribution is 2.18. The van der Waals surface area contributed by atoms with Crippen LogP contribution in [0.15, 0.2) is 0 Å². The van der Waals surface area contributed by atoms with Crippen molar-refractivity contribution in [2.45, 2.75) is 40.2 Å². The summed E-state index contributed by atoms with van der Waals surface area (Å²) in [6.07, 6.45) is 1.08. The van der Waals surface area contributed by atoms with E-state index in [0.717, 1.165) is 6.42 Å². The zero-order chi connectivity index (χ0) is 14.4. The normalized spacial score (nSPS) is 12.4. The molecule has 19 heavy (non-hydrogen) atoms. The van der Waals surface area contributed by atoms with Gasteiger partial charge in [-0.15, -0.1) is 0 Å². The van der Waals surface area contributed by atoms with Crippen molar-refractivity contribution in [3.05, 3.63) is 0 Å². The van der Waals surface area contributed by atoms with E-state index in [1.807, 2.05) is 14.0 Å². The molecule has 0 aliphatic carbocycles. The minimum atomic E-state index is 0.362. The first-order chi connectivity index (χ1) is 8.97. The molecular formula is C13H25N5O. The smallest absolute Gasteiger partial charge is 0.323 e. The lowest BCUT2D eigenvalue weighted by molar-refractivity contribution is 0.311. The van der Waals surface area contributed by atoms with Gasteiger partial charge >= 0.3 is 6.01 Å². The second-order valence-electron chi connectivity index (χ2n) is 5.01. The summed E-state index contributed by atoms with van der Waals surface area (Å²) in [6, 6.07) is 0.724. The van der Waals surface area contributed by atoms with E-state index in [1.165, 1.54) is 0 Å². The van der Waals surface area contributed by atoms with E-state index in [-0.39, 0.29) is 0 Å². The number of anilines is 2. The first-order valence-electron chi connectivity index (χ1n) is 6.77. The Labute approximate surface area is 115 Å². The molecule has 0 aliphatic rings. The van der Waals surface area contributed by atoms with Crippen LogP contribution in [-0.4, -0.2) is 41.7 Å². The Balaban J connectivity index is 2.94. The molecule has 0 fully saturated rings. The van der Waals surface area contributed by atoms with Gasteiger partial charge in [-0.25, -0.2) is 0 Å². The van der Waals surface area contributed by atoms with Gasteiger partial charge in [-0.3, -0.25) is 0 Å². The predicted molar refractivity (Wildman–Crippen MR) is 77.9 cm³/mol. The van der Waals surface area contributed by atoms with Gasteiger partial charge in [0.15, 0.2) is 0 Å². The van der Waals surface area contributed by atoms with Crippen molar-refractivity contribution in [2.24, 2.45) is 5.92 Å². The Morgan fingerprint density at radius 1 is 1.21 bits per heavy atom. The van der Waals surface area contributed by atoms with E-state index in [4.69, 9.17) is 4.74 Å². The summed E-state index contributed by atoms with van der Waals surface area (Å²) in [5.74, 6) is 1.79. The zero-order valence-electron chi connectivity index (χ0n) is 12.8. The van der Waals surface area contributed by atoms with Crippen molar-refractivity contribution in [3.8, 4) is 6.01 Å². The number of nitrogens with one attached hydrogen (secondary N) is 1. The molecular weight excluding hydrogens is 242 g/mol. The maximum atomic E-state index is 5.37. The van der Waals surface area contributed by atoms with Crippen LogP contribution >= 0.6 is 0 Å². The van der Waals surface area contributed by atoms with Gasteiger partial charge in [-0.05, 0) is 26.2 Å². The van der Waals surface area contributed by atoms with Gasteiger partial charge in [0.05, 0.1) is 6.61 Å². The summed E-state index contributed by atoms with van der Waals surface area (Å²) in [4.78, 5) is 14.9. The van der Waals surface area contributed by atoms with Crippen LogP contribution < -0.4 is 15.0 Å². The third-order valence-electron chi connectivity index (χ3n) is 2.89. The highest BCUT2D eigenvalue weighted by molar-refractivity contribution is 5.38. The first kappa shape index (κ1) is 15.5. The Morgan fingerprint density at radius 2 is 1.89 bits per heavy atom. The lowest BCUT2D eigenvalue weighted by Gasteiger charge is -2.26. The van der Waals surface area contributed by atoms with E-state index in [1.54, 1.807) is 7.05 Å². The van der Waals surface area contributed by atoms with E-state index in [0.29, 0.717) is 36.5 Å².